The molecule has 20 heavy (non-hydrogen) atoms. The fraction of sp³-hybridized carbons (Fsp3) is 0.214. The number of hydrogen-bond acceptors (Lipinski definition) is 4. The average molecular weight is 273 g/mol. The van der Waals surface area contributed by atoms with Gasteiger partial charge in [-0.2, -0.15) is 0 Å². The molecule has 0 radical (unpaired) electrons. The molecule has 0 aliphatic rings. The number of carbonyl (C=O) groups is 1. The van der Waals surface area contributed by atoms with Gasteiger partial charge >= 0.3 is 5.69 Å². The van der Waals surface area contributed by atoms with Crippen LogP contribution in [-0.2, 0) is 14.1 Å². The lowest BCUT2D eigenvalue weighted by molar-refractivity contribution is 0.103. The normalized spacial score (nSPS) is 10.6. The van der Waals surface area contributed by atoms with E-state index in [9.17, 15) is 14.4 Å². The molecule has 2 rings (SSSR count). The third-order valence-corrected chi connectivity index (χ3v) is 3.22. The Balaban J connectivity index is 2.62. The number of aryl methyl sites for hydroxylation is 2. The highest BCUT2D eigenvalue weighted by Crippen LogP contribution is 2.14. The van der Waals surface area contributed by atoms with Crippen molar-refractivity contribution in [3.05, 3.63) is 61.9 Å². The van der Waals surface area contributed by atoms with Crippen LogP contribution >= 0.6 is 0 Å². The van der Waals surface area contributed by atoms with Crippen molar-refractivity contribution in [1.82, 2.24) is 9.13 Å². The van der Waals surface area contributed by atoms with Crippen LogP contribution in [0, 0.1) is 6.92 Å². The van der Waals surface area contributed by atoms with E-state index < -0.39 is 17.0 Å². The Morgan fingerprint density at radius 2 is 1.85 bits per heavy atom. The van der Waals surface area contributed by atoms with E-state index in [4.69, 9.17) is 5.73 Å². The molecule has 2 N–H and O–H groups in total. The fourth-order valence-electron chi connectivity index (χ4n) is 1.94. The van der Waals surface area contributed by atoms with Crippen molar-refractivity contribution in [2.45, 2.75) is 6.92 Å². The molecular formula is C14H15N3O3. The van der Waals surface area contributed by atoms with Crippen molar-refractivity contribution in [3.63, 3.8) is 0 Å². The van der Waals surface area contributed by atoms with Crippen molar-refractivity contribution in [3.8, 4) is 0 Å². The molecule has 2 aromatic rings. The Hall–Kier alpha value is -2.63. The van der Waals surface area contributed by atoms with Gasteiger partial charge in [-0.15, -0.1) is 0 Å². The first-order chi connectivity index (χ1) is 9.32. The van der Waals surface area contributed by atoms with Crippen molar-refractivity contribution in [2.75, 3.05) is 5.73 Å². The molecule has 104 valence electrons. The third kappa shape index (κ3) is 2.16. The summed E-state index contributed by atoms with van der Waals surface area (Å²) in [4.78, 5) is 36.0. The molecule has 0 bridgehead atoms. The molecule has 0 aliphatic carbocycles. The molecule has 6 heteroatoms. The summed E-state index contributed by atoms with van der Waals surface area (Å²) in [5.74, 6) is -0.427. The molecule has 0 atom stereocenters. The van der Waals surface area contributed by atoms with Gasteiger partial charge in [0.05, 0.1) is 0 Å². The van der Waals surface area contributed by atoms with Crippen LogP contribution in [0.5, 0.6) is 0 Å². The van der Waals surface area contributed by atoms with Gasteiger partial charge in [0.2, 0.25) is 0 Å². The smallest absolute Gasteiger partial charge is 0.330 e. The number of nitrogen functional groups attached to an aromatic ring is 1. The number of benzene rings is 1. The zero-order chi connectivity index (χ0) is 15.0. The average Bonchev–Trinajstić information content (AvgIpc) is 2.43. The van der Waals surface area contributed by atoms with Gasteiger partial charge in [-0.1, -0.05) is 0 Å². The summed E-state index contributed by atoms with van der Waals surface area (Å²) in [5.41, 5.74) is 6.29. The van der Waals surface area contributed by atoms with Gasteiger partial charge in [0.15, 0.2) is 5.78 Å². The molecule has 6 nitrogen and oxygen atoms in total. The molecule has 0 fully saturated rings. The van der Waals surface area contributed by atoms with Crippen molar-refractivity contribution < 1.29 is 4.79 Å². The number of nitrogens with zero attached hydrogens (tertiary/aromatic N) is 2. The standard InChI is InChI=1S/C14H15N3O3/c1-8-6-9(4-5-11(8)15)12(18)10-7-16(2)14(20)17(3)13(10)19/h4-7H,15H2,1-3H3. The molecule has 1 heterocycles. The van der Waals surface area contributed by atoms with Gasteiger partial charge in [0, 0.05) is 31.5 Å². The van der Waals surface area contributed by atoms with E-state index in [2.05, 4.69) is 0 Å². The Labute approximate surface area is 115 Å². The highest BCUT2D eigenvalue weighted by Gasteiger charge is 2.16. The Morgan fingerprint density at radius 1 is 1.20 bits per heavy atom. The summed E-state index contributed by atoms with van der Waals surface area (Å²) in [5, 5.41) is 0. The zero-order valence-electron chi connectivity index (χ0n) is 11.5. The van der Waals surface area contributed by atoms with Gasteiger partial charge in [-0.05, 0) is 30.7 Å². The topological polar surface area (TPSA) is 87.1 Å². The van der Waals surface area contributed by atoms with Crippen molar-refractivity contribution in [2.24, 2.45) is 14.1 Å². The minimum atomic E-state index is -0.604. The van der Waals surface area contributed by atoms with Crippen LogP contribution in [0.2, 0.25) is 0 Å². The van der Waals surface area contributed by atoms with E-state index in [0.717, 1.165) is 10.1 Å². The first-order valence-electron chi connectivity index (χ1n) is 6.00. The second-order valence-corrected chi connectivity index (χ2v) is 4.70. The van der Waals surface area contributed by atoms with Crippen LogP contribution in [-0.4, -0.2) is 14.9 Å². The summed E-state index contributed by atoms with van der Waals surface area (Å²) in [6.45, 7) is 1.78. The van der Waals surface area contributed by atoms with Crippen LogP contribution in [0.4, 0.5) is 5.69 Å². The van der Waals surface area contributed by atoms with Crippen molar-refractivity contribution >= 4 is 11.5 Å². The summed E-state index contributed by atoms with van der Waals surface area (Å²) in [7, 11) is 2.84. The molecular weight excluding hydrogens is 258 g/mol. The monoisotopic (exact) mass is 273 g/mol. The minimum absolute atomic E-state index is 0.0428. The molecule has 0 amide bonds. The van der Waals surface area contributed by atoms with E-state index in [-0.39, 0.29) is 5.56 Å². The predicted octanol–water partition coefficient (Wildman–Crippen LogP) is 0.206. The lowest BCUT2D eigenvalue weighted by Crippen LogP contribution is -2.39. The van der Waals surface area contributed by atoms with E-state index >= 15 is 0 Å². The SMILES string of the molecule is Cc1cc(C(=O)c2cn(C)c(=O)n(C)c2=O)ccc1N. The van der Waals surface area contributed by atoms with Crippen LogP contribution < -0.4 is 17.0 Å². The largest absolute Gasteiger partial charge is 0.399 e. The zero-order valence-corrected chi connectivity index (χ0v) is 11.5. The summed E-state index contributed by atoms with van der Waals surface area (Å²) in [6, 6.07) is 4.81. The maximum absolute atomic E-state index is 12.4. The second-order valence-electron chi connectivity index (χ2n) is 4.70. The first-order valence-corrected chi connectivity index (χ1v) is 6.00. The number of carbonyl (C=O) groups excluding carboxylic acids is 1. The van der Waals surface area contributed by atoms with Gasteiger partial charge in [-0.25, -0.2) is 4.79 Å². The number of ketones is 1. The van der Waals surface area contributed by atoms with E-state index in [1.807, 2.05) is 0 Å². The predicted molar refractivity (Wildman–Crippen MR) is 75.9 cm³/mol. The first kappa shape index (κ1) is 13.8. The van der Waals surface area contributed by atoms with Crippen LogP contribution in [0.25, 0.3) is 0 Å². The Bertz CT molecular complexity index is 815. The molecule has 0 spiro atoms. The fourth-order valence-corrected chi connectivity index (χ4v) is 1.94. The van der Waals surface area contributed by atoms with Gasteiger partial charge in [0.1, 0.15) is 5.56 Å². The lowest BCUT2D eigenvalue weighted by atomic mass is 10.0. The van der Waals surface area contributed by atoms with Crippen molar-refractivity contribution in [1.29, 1.82) is 0 Å². The van der Waals surface area contributed by atoms with E-state index in [1.54, 1.807) is 25.1 Å². The van der Waals surface area contributed by atoms with Crippen LogP contribution in [0.15, 0.2) is 34.0 Å². The maximum Gasteiger partial charge on any atom is 0.330 e. The lowest BCUT2D eigenvalue weighted by Gasteiger charge is -2.07. The van der Waals surface area contributed by atoms with Crippen LogP contribution in [0.1, 0.15) is 21.5 Å². The number of nitrogens with two attached hydrogens (primary N) is 1. The minimum Gasteiger partial charge on any atom is -0.399 e. The highest BCUT2D eigenvalue weighted by molar-refractivity contribution is 6.08. The summed E-state index contributed by atoms with van der Waals surface area (Å²) >= 11 is 0. The van der Waals surface area contributed by atoms with E-state index in [0.29, 0.717) is 11.3 Å². The Kier molecular flexibility index (Phi) is 3.31. The molecule has 1 aromatic carbocycles. The number of rotatable bonds is 2. The van der Waals surface area contributed by atoms with Gasteiger partial charge < -0.3 is 10.3 Å². The third-order valence-electron chi connectivity index (χ3n) is 3.22. The highest BCUT2D eigenvalue weighted by atomic mass is 16.2. The van der Waals surface area contributed by atoms with Gasteiger partial charge in [-0.3, -0.25) is 14.2 Å². The molecule has 0 unspecified atom stereocenters. The number of hydrogen-bond donors (Lipinski definition) is 1. The molecule has 0 aliphatic heterocycles. The van der Waals surface area contributed by atoms with Gasteiger partial charge in [0.25, 0.3) is 5.56 Å². The summed E-state index contributed by atoms with van der Waals surface area (Å²) in [6.07, 6.45) is 1.26. The molecule has 1 aromatic heterocycles. The number of aromatic nitrogens is 2. The quantitative estimate of drug-likeness (QED) is 0.625. The van der Waals surface area contributed by atoms with Crippen LogP contribution in [0.3, 0.4) is 0 Å². The molecule has 0 saturated heterocycles. The second kappa shape index (κ2) is 4.80. The number of anilines is 1. The maximum atomic E-state index is 12.4. The van der Waals surface area contributed by atoms with E-state index in [1.165, 1.54) is 24.9 Å². The Morgan fingerprint density at radius 3 is 2.45 bits per heavy atom. The summed E-state index contributed by atoms with van der Waals surface area (Å²) < 4.78 is 2.12. The molecule has 0 saturated carbocycles.